The molecule has 2 unspecified atom stereocenters. The van der Waals surface area contributed by atoms with Gasteiger partial charge in [0.25, 0.3) is 5.91 Å². The van der Waals surface area contributed by atoms with Crippen molar-refractivity contribution >= 4 is 21.9 Å². The minimum Gasteiger partial charge on any atom is -0.481 e. The Balaban J connectivity index is 2.18. The summed E-state index contributed by atoms with van der Waals surface area (Å²) in [5.41, 5.74) is -0.701. The van der Waals surface area contributed by atoms with Crippen LogP contribution in [0, 0.1) is 5.92 Å². The Morgan fingerprint density at radius 1 is 1.33 bits per heavy atom. The van der Waals surface area contributed by atoms with Crippen LogP contribution >= 0.6 is 0 Å². The second-order valence-corrected chi connectivity index (χ2v) is 8.69. The van der Waals surface area contributed by atoms with Gasteiger partial charge in [-0.25, -0.2) is 13.1 Å². The minimum atomic E-state index is -3.77. The van der Waals surface area contributed by atoms with Crippen molar-refractivity contribution in [2.45, 2.75) is 43.0 Å². The summed E-state index contributed by atoms with van der Waals surface area (Å²) in [5.74, 6) is -2.09. The Morgan fingerprint density at radius 3 is 2.74 bits per heavy atom. The van der Waals surface area contributed by atoms with Gasteiger partial charge in [-0.2, -0.15) is 0 Å². The van der Waals surface area contributed by atoms with Gasteiger partial charge in [-0.15, -0.1) is 0 Å². The van der Waals surface area contributed by atoms with E-state index < -0.39 is 33.4 Å². The van der Waals surface area contributed by atoms with E-state index in [0.29, 0.717) is 12.8 Å². The molecule has 2 rings (SSSR count). The minimum absolute atomic E-state index is 0.0326. The quantitative estimate of drug-likeness (QED) is 0.569. The van der Waals surface area contributed by atoms with Gasteiger partial charge in [0.05, 0.1) is 23.0 Å². The lowest BCUT2D eigenvalue weighted by atomic mass is 9.73. The van der Waals surface area contributed by atoms with Crippen molar-refractivity contribution in [3.05, 3.63) is 29.8 Å². The fourth-order valence-electron chi connectivity index (χ4n) is 3.38. The number of nitrogens with one attached hydrogen (secondary N) is 2. The standard InChI is InChI=1S/C18H26N2O6S/c1-18(9-4-3-8-15(18)17(22)23)20-16(21)13-6-5-7-14(12-13)27(24,25)19-10-11-26-2/h5-7,12,15,19H,3-4,8-11H2,1-2H3,(H,20,21)(H,22,23). The van der Waals surface area contributed by atoms with Crippen LogP contribution in [0.2, 0.25) is 0 Å². The second-order valence-electron chi connectivity index (χ2n) is 6.93. The fraction of sp³-hybridized carbons (Fsp3) is 0.556. The van der Waals surface area contributed by atoms with E-state index in [2.05, 4.69) is 10.0 Å². The Hall–Kier alpha value is -1.97. The first kappa shape index (κ1) is 21.3. The number of carboxylic acids is 1. The maximum Gasteiger partial charge on any atom is 0.308 e. The Kier molecular flexibility index (Phi) is 6.96. The average molecular weight is 398 g/mol. The highest BCUT2D eigenvalue weighted by Crippen LogP contribution is 2.34. The molecule has 1 aliphatic rings. The van der Waals surface area contributed by atoms with Crippen LogP contribution in [0.3, 0.4) is 0 Å². The largest absolute Gasteiger partial charge is 0.481 e. The molecular formula is C18H26N2O6S. The maximum atomic E-state index is 12.7. The molecule has 9 heteroatoms. The number of carbonyl (C=O) groups is 2. The highest BCUT2D eigenvalue weighted by molar-refractivity contribution is 7.89. The lowest BCUT2D eigenvalue weighted by Gasteiger charge is -2.39. The van der Waals surface area contributed by atoms with E-state index in [-0.39, 0.29) is 23.6 Å². The first-order valence-corrected chi connectivity index (χ1v) is 10.3. The molecule has 27 heavy (non-hydrogen) atoms. The molecule has 1 aromatic carbocycles. The van der Waals surface area contributed by atoms with Gasteiger partial charge in [-0.3, -0.25) is 9.59 Å². The highest BCUT2D eigenvalue weighted by Gasteiger charge is 2.42. The number of carboxylic acid groups (broad SMARTS) is 1. The van der Waals surface area contributed by atoms with E-state index >= 15 is 0 Å². The van der Waals surface area contributed by atoms with Crippen LogP contribution < -0.4 is 10.0 Å². The molecule has 1 aliphatic carbocycles. The lowest BCUT2D eigenvalue weighted by molar-refractivity contribution is -0.145. The molecule has 0 spiro atoms. The zero-order valence-electron chi connectivity index (χ0n) is 15.5. The first-order chi connectivity index (χ1) is 12.7. The van der Waals surface area contributed by atoms with Crippen LogP contribution in [-0.4, -0.2) is 51.2 Å². The molecule has 0 radical (unpaired) electrons. The molecule has 1 aromatic rings. The Morgan fingerprint density at radius 2 is 2.07 bits per heavy atom. The zero-order chi connectivity index (χ0) is 20.1. The summed E-state index contributed by atoms with van der Waals surface area (Å²) in [5, 5.41) is 12.3. The van der Waals surface area contributed by atoms with Crippen LogP contribution in [0.25, 0.3) is 0 Å². The summed E-state index contributed by atoms with van der Waals surface area (Å²) < 4.78 is 31.8. The number of methoxy groups -OCH3 is 1. The topological polar surface area (TPSA) is 122 Å². The van der Waals surface area contributed by atoms with E-state index in [0.717, 1.165) is 12.8 Å². The smallest absolute Gasteiger partial charge is 0.308 e. The molecule has 0 aliphatic heterocycles. The highest BCUT2D eigenvalue weighted by atomic mass is 32.2. The monoisotopic (exact) mass is 398 g/mol. The SMILES string of the molecule is COCCNS(=O)(=O)c1cccc(C(=O)NC2(C)CCCCC2C(=O)O)c1. The van der Waals surface area contributed by atoms with Crippen molar-refractivity contribution < 1.29 is 27.9 Å². The molecule has 3 N–H and O–H groups in total. The van der Waals surface area contributed by atoms with Gasteiger partial charge in [0.2, 0.25) is 10.0 Å². The average Bonchev–Trinajstić information content (AvgIpc) is 2.61. The molecule has 1 fully saturated rings. The molecule has 0 aromatic heterocycles. The van der Waals surface area contributed by atoms with Crippen molar-refractivity contribution in [1.29, 1.82) is 0 Å². The lowest BCUT2D eigenvalue weighted by Crippen LogP contribution is -2.55. The molecule has 1 amide bonds. The van der Waals surface area contributed by atoms with Crippen LogP contribution in [-0.2, 0) is 19.6 Å². The summed E-state index contributed by atoms with van der Waals surface area (Å²) in [6, 6.07) is 5.67. The third-order valence-corrected chi connectivity index (χ3v) is 6.37. The van der Waals surface area contributed by atoms with Gasteiger partial charge >= 0.3 is 5.97 Å². The fourth-order valence-corrected chi connectivity index (χ4v) is 4.44. The van der Waals surface area contributed by atoms with Crippen molar-refractivity contribution in [3.8, 4) is 0 Å². The van der Waals surface area contributed by atoms with Crippen molar-refractivity contribution in [1.82, 2.24) is 10.0 Å². The zero-order valence-corrected chi connectivity index (χ0v) is 16.3. The maximum absolute atomic E-state index is 12.7. The van der Waals surface area contributed by atoms with E-state index in [4.69, 9.17) is 4.74 Å². The molecule has 8 nitrogen and oxygen atoms in total. The third-order valence-electron chi connectivity index (χ3n) is 4.91. The first-order valence-electron chi connectivity index (χ1n) is 8.83. The van der Waals surface area contributed by atoms with E-state index in [1.54, 1.807) is 6.92 Å². The van der Waals surface area contributed by atoms with Crippen LogP contribution in [0.15, 0.2) is 29.2 Å². The number of aliphatic carboxylic acids is 1. The molecule has 0 bridgehead atoms. The molecule has 1 saturated carbocycles. The Labute approximate surface area is 159 Å². The van der Waals surface area contributed by atoms with E-state index in [1.165, 1.54) is 31.4 Å². The van der Waals surface area contributed by atoms with Crippen molar-refractivity contribution in [3.63, 3.8) is 0 Å². The normalized spacial score (nSPS) is 23.0. The molecule has 150 valence electrons. The predicted octanol–water partition coefficient (Wildman–Crippen LogP) is 1.37. The van der Waals surface area contributed by atoms with Crippen molar-refractivity contribution in [2.75, 3.05) is 20.3 Å². The van der Waals surface area contributed by atoms with Crippen molar-refractivity contribution in [2.24, 2.45) is 5.92 Å². The number of carbonyl (C=O) groups excluding carboxylic acids is 1. The summed E-state index contributed by atoms with van der Waals surface area (Å²) in [6.07, 6.45) is 2.71. The summed E-state index contributed by atoms with van der Waals surface area (Å²) in [4.78, 5) is 24.2. The summed E-state index contributed by atoms with van der Waals surface area (Å²) >= 11 is 0. The number of ether oxygens (including phenoxy) is 1. The molecule has 0 saturated heterocycles. The van der Waals surface area contributed by atoms with E-state index in [9.17, 15) is 23.1 Å². The van der Waals surface area contributed by atoms with Gasteiger partial charge < -0.3 is 15.2 Å². The Bertz CT molecular complexity index is 795. The van der Waals surface area contributed by atoms with Crippen LogP contribution in [0.5, 0.6) is 0 Å². The summed E-state index contributed by atoms with van der Waals surface area (Å²) in [6.45, 7) is 2.08. The van der Waals surface area contributed by atoms with Gasteiger partial charge in [-0.05, 0) is 38.0 Å². The van der Waals surface area contributed by atoms with Gasteiger partial charge in [0.1, 0.15) is 0 Å². The predicted molar refractivity (Wildman–Crippen MR) is 99.0 cm³/mol. The molecular weight excluding hydrogens is 372 g/mol. The number of hydrogen-bond donors (Lipinski definition) is 3. The van der Waals surface area contributed by atoms with Gasteiger partial charge in [-0.1, -0.05) is 18.9 Å². The molecule has 0 heterocycles. The number of amides is 1. The number of benzene rings is 1. The number of hydrogen-bond acceptors (Lipinski definition) is 5. The number of rotatable bonds is 8. The van der Waals surface area contributed by atoms with Crippen LogP contribution in [0.4, 0.5) is 0 Å². The molecule has 2 atom stereocenters. The van der Waals surface area contributed by atoms with Gasteiger partial charge in [0, 0.05) is 19.2 Å². The van der Waals surface area contributed by atoms with Gasteiger partial charge in [0.15, 0.2) is 0 Å². The number of sulfonamides is 1. The van der Waals surface area contributed by atoms with Crippen LogP contribution in [0.1, 0.15) is 43.0 Å². The second kappa shape index (κ2) is 8.81. The third kappa shape index (κ3) is 5.27. The van der Waals surface area contributed by atoms with E-state index in [1.807, 2.05) is 0 Å². The summed E-state index contributed by atoms with van der Waals surface area (Å²) in [7, 11) is -2.30.